The van der Waals surface area contributed by atoms with Crippen molar-refractivity contribution in [3.8, 4) is 0 Å². The highest BCUT2D eigenvalue weighted by molar-refractivity contribution is 5.93. The van der Waals surface area contributed by atoms with Gasteiger partial charge in [-0.05, 0) is 63.8 Å². The van der Waals surface area contributed by atoms with E-state index in [1.807, 2.05) is 57.2 Å². The van der Waals surface area contributed by atoms with Crippen LogP contribution in [0.3, 0.4) is 0 Å². The Morgan fingerprint density at radius 3 is 2.49 bits per heavy atom. The molecule has 0 N–H and O–H groups in total. The molecule has 4 rings (SSSR count). The number of esters is 1. The highest BCUT2D eigenvalue weighted by atomic mass is 16.5. The molecular weight excluding hydrogens is 468 g/mol. The third-order valence-corrected chi connectivity index (χ3v) is 7.11. The average molecular weight is 505 g/mol. The molecule has 2 amide bonds. The first kappa shape index (κ1) is 26.5. The summed E-state index contributed by atoms with van der Waals surface area (Å²) >= 11 is 0. The van der Waals surface area contributed by atoms with Crippen molar-refractivity contribution < 1.29 is 23.5 Å². The van der Waals surface area contributed by atoms with Gasteiger partial charge in [-0.25, -0.2) is 0 Å². The van der Waals surface area contributed by atoms with Gasteiger partial charge in [0.1, 0.15) is 11.1 Å². The Morgan fingerprint density at radius 1 is 1.05 bits per heavy atom. The number of ether oxygens (including phenoxy) is 1. The monoisotopic (exact) mass is 504 g/mol. The summed E-state index contributed by atoms with van der Waals surface area (Å²) in [5.41, 5.74) is 3.98. The van der Waals surface area contributed by atoms with Gasteiger partial charge in [-0.1, -0.05) is 41.5 Å². The molecule has 7 nitrogen and oxygen atoms in total. The molecule has 1 atom stereocenters. The number of aryl methyl sites for hydroxylation is 2. The summed E-state index contributed by atoms with van der Waals surface area (Å²) in [5.74, 6) is -0.418. The van der Waals surface area contributed by atoms with Crippen LogP contribution in [-0.4, -0.2) is 52.8 Å². The molecule has 1 saturated heterocycles. The first-order valence-corrected chi connectivity index (χ1v) is 13.0. The Hall–Kier alpha value is -3.61. The average Bonchev–Trinajstić information content (AvgIpc) is 3.29. The van der Waals surface area contributed by atoms with Gasteiger partial charge in [0.2, 0.25) is 11.8 Å². The highest BCUT2D eigenvalue weighted by Crippen LogP contribution is 2.34. The molecule has 37 heavy (non-hydrogen) atoms. The maximum absolute atomic E-state index is 13.9. The summed E-state index contributed by atoms with van der Waals surface area (Å²) in [6.45, 7) is 9.32. The third-order valence-electron chi connectivity index (χ3n) is 7.11. The topological polar surface area (TPSA) is 80.1 Å². The van der Waals surface area contributed by atoms with E-state index < -0.39 is 5.54 Å². The van der Waals surface area contributed by atoms with Crippen LogP contribution in [0.2, 0.25) is 0 Å². The van der Waals surface area contributed by atoms with E-state index in [-0.39, 0.29) is 30.6 Å². The van der Waals surface area contributed by atoms with Gasteiger partial charge >= 0.3 is 5.97 Å². The molecule has 1 fully saturated rings. The minimum Gasteiger partial charge on any atom is -0.466 e. The van der Waals surface area contributed by atoms with Crippen LogP contribution in [0.1, 0.15) is 55.4 Å². The minimum atomic E-state index is -0.908. The van der Waals surface area contributed by atoms with Crippen molar-refractivity contribution in [1.82, 2.24) is 9.80 Å². The summed E-state index contributed by atoms with van der Waals surface area (Å²) < 4.78 is 10.6. The van der Waals surface area contributed by atoms with Gasteiger partial charge in [-0.3, -0.25) is 14.4 Å². The lowest BCUT2D eigenvalue weighted by atomic mass is 9.84. The molecule has 2 aromatic carbocycles. The molecule has 0 aliphatic carbocycles. The summed E-state index contributed by atoms with van der Waals surface area (Å²) in [4.78, 5) is 42.6. The number of carbonyl (C=O) groups is 3. The number of benzene rings is 2. The molecule has 196 valence electrons. The van der Waals surface area contributed by atoms with Crippen LogP contribution < -0.4 is 0 Å². The van der Waals surface area contributed by atoms with Crippen molar-refractivity contribution in [3.63, 3.8) is 0 Å². The smallest absolute Gasteiger partial charge is 0.305 e. The van der Waals surface area contributed by atoms with Crippen molar-refractivity contribution in [1.29, 1.82) is 0 Å². The van der Waals surface area contributed by atoms with Crippen LogP contribution >= 0.6 is 0 Å². The number of rotatable bonds is 10. The Labute approximate surface area is 218 Å². The molecule has 7 heteroatoms. The van der Waals surface area contributed by atoms with Crippen molar-refractivity contribution in [2.45, 2.75) is 65.5 Å². The predicted molar refractivity (Wildman–Crippen MR) is 142 cm³/mol. The lowest BCUT2D eigenvalue weighted by Crippen LogP contribution is -2.68. The predicted octanol–water partition coefficient (Wildman–Crippen LogP) is 4.96. The van der Waals surface area contributed by atoms with Crippen LogP contribution in [0.15, 0.2) is 53.1 Å². The molecular formula is C30H36N2O5. The van der Waals surface area contributed by atoms with Gasteiger partial charge in [0.15, 0.2) is 0 Å². The SMILES string of the molecule is CCOC(=O)CCCN(Cc1ccc2ccoc2c1)C(=O)C1(C)CCN1C(=O)Cc1cc(C)cc(C)c1. The lowest BCUT2D eigenvalue weighted by Gasteiger charge is -2.51. The molecule has 1 aromatic heterocycles. The Bertz CT molecular complexity index is 1280. The lowest BCUT2D eigenvalue weighted by molar-refractivity contribution is -0.164. The highest BCUT2D eigenvalue weighted by Gasteiger charge is 2.50. The maximum Gasteiger partial charge on any atom is 0.305 e. The van der Waals surface area contributed by atoms with E-state index in [0.717, 1.165) is 33.2 Å². The van der Waals surface area contributed by atoms with Crippen LogP contribution in [0.4, 0.5) is 0 Å². The zero-order valence-electron chi connectivity index (χ0n) is 22.2. The zero-order chi connectivity index (χ0) is 26.6. The number of carbonyl (C=O) groups excluding carboxylic acids is 3. The van der Waals surface area contributed by atoms with Crippen molar-refractivity contribution in [3.05, 3.63) is 71.0 Å². The molecule has 0 bridgehead atoms. The standard InChI is InChI=1S/C30H36N2O5/c1-5-36-28(34)7-6-12-31(20-23-8-9-25-10-14-37-26(25)18-23)29(35)30(4)11-13-32(30)27(33)19-24-16-21(2)15-22(3)17-24/h8-10,14-18H,5-7,11-13,19-20H2,1-4H3. The molecule has 2 heterocycles. The van der Waals surface area contributed by atoms with Gasteiger partial charge in [-0.15, -0.1) is 0 Å². The van der Waals surface area contributed by atoms with E-state index in [4.69, 9.17) is 9.15 Å². The number of nitrogens with zero attached hydrogens (tertiary/aromatic N) is 2. The number of hydrogen-bond acceptors (Lipinski definition) is 5. The van der Waals surface area contributed by atoms with Gasteiger partial charge in [-0.2, -0.15) is 0 Å². The molecule has 0 spiro atoms. The Kier molecular flexibility index (Phi) is 8.00. The molecule has 0 saturated carbocycles. The van der Waals surface area contributed by atoms with Gasteiger partial charge in [0.05, 0.1) is 19.3 Å². The van der Waals surface area contributed by atoms with Crippen LogP contribution in [0, 0.1) is 13.8 Å². The van der Waals surface area contributed by atoms with Gasteiger partial charge < -0.3 is 19.0 Å². The zero-order valence-corrected chi connectivity index (χ0v) is 22.2. The minimum absolute atomic E-state index is 0.0458. The normalized spacial score (nSPS) is 16.9. The Morgan fingerprint density at radius 2 is 1.81 bits per heavy atom. The second-order valence-electron chi connectivity index (χ2n) is 10.2. The quantitative estimate of drug-likeness (QED) is 0.365. The number of likely N-dealkylation sites (tertiary alicyclic amines) is 1. The second-order valence-corrected chi connectivity index (χ2v) is 10.2. The van der Waals surface area contributed by atoms with Crippen LogP contribution in [0.5, 0.6) is 0 Å². The summed E-state index contributed by atoms with van der Waals surface area (Å²) in [7, 11) is 0. The maximum atomic E-state index is 13.9. The molecule has 1 unspecified atom stereocenters. The van der Waals surface area contributed by atoms with E-state index in [0.29, 0.717) is 39.1 Å². The first-order chi connectivity index (χ1) is 17.7. The molecule has 0 radical (unpaired) electrons. The first-order valence-electron chi connectivity index (χ1n) is 13.0. The van der Waals surface area contributed by atoms with E-state index in [1.54, 1.807) is 23.0 Å². The third kappa shape index (κ3) is 6.04. The number of hydrogen-bond donors (Lipinski definition) is 0. The summed E-state index contributed by atoms with van der Waals surface area (Å²) in [6, 6.07) is 13.9. The molecule has 3 aromatic rings. The Balaban J connectivity index is 1.50. The fourth-order valence-corrected chi connectivity index (χ4v) is 5.18. The largest absolute Gasteiger partial charge is 0.466 e. The summed E-state index contributed by atoms with van der Waals surface area (Å²) in [6.07, 6.45) is 3.24. The second kappa shape index (κ2) is 11.2. The van der Waals surface area contributed by atoms with E-state index in [2.05, 4.69) is 6.07 Å². The van der Waals surface area contributed by atoms with Crippen molar-refractivity contribution >= 4 is 28.8 Å². The van der Waals surface area contributed by atoms with Crippen molar-refractivity contribution in [2.75, 3.05) is 19.7 Å². The van der Waals surface area contributed by atoms with Crippen LogP contribution in [-0.2, 0) is 32.1 Å². The van der Waals surface area contributed by atoms with Gasteiger partial charge in [0, 0.05) is 31.4 Å². The summed E-state index contributed by atoms with van der Waals surface area (Å²) in [5, 5.41) is 0.998. The number of furan rings is 1. The van der Waals surface area contributed by atoms with E-state index in [9.17, 15) is 14.4 Å². The van der Waals surface area contributed by atoms with E-state index in [1.165, 1.54) is 0 Å². The molecule has 1 aliphatic rings. The van der Waals surface area contributed by atoms with Crippen molar-refractivity contribution in [2.24, 2.45) is 0 Å². The van der Waals surface area contributed by atoms with E-state index >= 15 is 0 Å². The fourth-order valence-electron chi connectivity index (χ4n) is 5.18. The number of amides is 2. The van der Waals surface area contributed by atoms with Crippen LogP contribution in [0.25, 0.3) is 11.0 Å². The number of fused-ring (bicyclic) bond motifs is 1. The van der Waals surface area contributed by atoms with Gasteiger partial charge in [0.25, 0.3) is 0 Å². The molecule has 1 aliphatic heterocycles. The fraction of sp³-hybridized carbons (Fsp3) is 0.433.